The average molecular weight is 334 g/mol. The van der Waals surface area contributed by atoms with E-state index < -0.39 is 23.7 Å². The number of thiophene rings is 1. The van der Waals surface area contributed by atoms with Gasteiger partial charge in [0, 0.05) is 4.88 Å². The fourth-order valence-corrected chi connectivity index (χ4v) is 4.79. The van der Waals surface area contributed by atoms with Crippen LogP contribution in [0.25, 0.3) is 0 Å². The number of carbonyl (C=O) groups excluding carboxylic acids is 2. The van der Waals surface area contributed by atoms with E-state index in [-0.39, 0.29) is 17.7 Å². The Bertz CT molecular complexity index is 737. The summed E-state index contributed by atoms with van der Waals surface area (Å²) in [6.07, 6.45) is 4.51. The topological polar surface area (TPSA) is 109 Å². The van der Waals surface area contributed by atoms with Crippen molar-refractivity contribution >= 4 is 34.1 Å². The van der Waals surface area contributed by atoms with Crippen molar-refractivity contribution in [3.8, 4) is 0 Å². The Morgan fingerprint density at radius 1 is 1.22 bits per heavy atom. The fraction of sp³-hybridized carbons (Fsp3) is 0.438. The van der Waals surface area contributed by atoms with Gasteiger partial charge in [-0.05, 0) is 37.7 Å². The van der Waals surface area contributed by atoms with Gasteiger partial charge in [0.15, 0.2) is 0 Å². The van der Waals surface area contributed by atoms with Gasteiger partial charge in [0.1, 0.15) is 5.00 Å². The monoisotopic (exact) mass is 334 g/mol. The van der Waals surface area contributed by atoms with Crippen molar-refractivity contribution in [3.63, 3.8) is 0 Å². The molecule has 1 heterocycles. The third-order valence-electron chi connectivity index (χ3n) is 4.92. The van der Waals surface area contributed by atoms with Crippen molar-refractivity contribution < 1.29 is 19.5 Å². The SMILES string of the molecule is Cc1sc(NC(=O)[C@H]2[C@H](C(=O)O)[C@H]3C=C[C@H]2C3)c(C(N)=O)c1C. The van der Waals surface area contributed by atoms with Crippen LogP contribution in [-0.4, -0.2) is 22.9 Å². The molecule has 0 aliphatic heterocycles. The van der Waals surface area contributed by atoms with Gasteiger partial charge in [-0.15, -0.1) is 11.3 Å². The van der Waals surface area contributed by atoms with Crippen LogP contribution in [0.2, 0.25) is 0 Å². The Labute approximate surface area is 137 Å². The number of amides is 2. The molecule has 0 spiro atoms. The molecule has 1 saturated carbocycles. The van der Waals surface area contributed by atoms with Crippen LogP contribution in [-0.2, 0) is 9.59 Å². The summed E-state index contributed by atoms with van der Waals surface area (Å²) < 4.78 is 0. The molecule has 2 aliphatic rings. The molecule has 1 fully saturated rings. The molecule has 1 aromatic heterocycles. The molecule has 3 rings (SSSR count). The predicted molar refractivity (Wildman–Crippen MR) is 86.3 cm³/mol. The first-order valence-electron chi connectivity index (χ1n) is 7.43. The summed E-state index contributed by atoms with van der Waals surface area (Å²) in [5, 5.41) is 12.6. The zero-order valence-electron chi connectivity index (χ0n) is 12.8. The summed E-state index contributed by atoms with van der Waals surface area (Å²) >= 11 is 1.29. The molecule has 4 atom stereocenters. The van der Waals surface area contributed by atoms with Gasteiger partial charge in [-0.25, -0.2) is 0 Å². The lowest BCUT2D eigenvalue weighted by Gasteiger charge is -2.23. The maximum atomic E-state index is 12.7. The Morgan fingerprint density at radius 3 is 2.39 bits per heavy atom. The van der Waals surface area contributed by atoms with Gasteiger partial charge in [0.25, 0.3) is 5.91 Å². The number of fused-ring (bicyclic) bond motifs is 2. The van der Waals surface area contributed by atoms with E-state index in [0.29, 0.717) is 17.0 Å². The van der Waals surface area contributed by atoms with E-state index in [4.69, 9.17) is 5.73 Å². The molecular formula is C16H18N2O4S. The number of hydrogen-bond donors (Lipinski definition) is 3. The molecular weight excluding hydrogens is 316 g/mol. The normalized spacial score (nSPS) is 28.1. The van der Waals surface area contributed by atoms with E-state index in [1.807, 2.05) is 19.1 Å². The maximum absolute atomic E-state index is 12.7. The number of carboxylic acids is 1. The molecule has 23 heavy (non-hydrogen) atoms. The van der Waals surface area contributed by atoms with Crippen molar-refractivity contribution in [3.05, 3.63) is 28.2 Å². The number of carboxylic acid groups (broad SMARTS) is 1. The van der Waals surface area contributed by atoms with Gasteiger partial charge in [0.05, 0.1) is 17.4 Å². The van der Waals surface area contributed by atoms with Crippen molar-refractivity contribution in [2.45, 2.75) is 20.3 Å². The predicted octanol–water partition coefficient (Wildman–Crippen LogP) is 1.93. The number of aliphatic carboxylic acids is 1. The lowest BCUT2D eigenvalue weighted by Crippen LogP contribution is -2.36. The van der Waals surface area contributed by atoms with Crippen molar-refractivity contribution in [2.24, 2.45) is 29.4 Å². The molecule has 2 amide bonds. The van der Waals surface area contributed by atoms with Crippen LogP contribution in [0.3, 0.4) is 0 Å². The molecule has 4 N–H and O–H groups in total. The molecule has 0 radical (unpaired) electrons. The second-order valence-electron chi connectivity index (χ2n) is 6.18. The molecule has 1 aromatic rings. The summed E-state index contributed by atoms with van der Waals surface area (Å²) in [6, 6.07) is 0. The quantitative estimate of drug-likeness (QED) is 0.731. The van der Waals surface area contributed by atoms with E-state index >= 15 is 0 Å². The number of primary amides is 1. The summed E-state index contributed by atoms with van der Waals surface area (Å²) in [7, 11) is 0. The van der Waals surface area contributed by atoms with E-state index in [0.717, 1.165) is 10.4 Å². The third kappa shape index (κ3) is 2.45. The third-order valence-corrected chi connectivity index (χ3v) is 6.04. The molecule has 122 valence electrons. The minimum absolute atomic E-state index is 0.0553. The van der Waals surface area contributed by atoms with E-state index in [2.05, 4.69) is 5.32 Å². The zero-order valence-corrected chi connectivity index (χ0v) is 13.6. The van der Waals surface area contributed by atoms with Crippen LogP contribution in [0.1, 0.15) is 27.2 Å². The van der Waals surface area contributed by atoms with Gasteiger partial charge < -0.3 is 16.2 Å². The highest BCUT2D eigenvalue weighted by Crippen LogP contribution is 2.48. The first kappa shape index (κ1) is 15.7. The lowest BCUT2D eigenvalue weighted by molar-refractivity contribution is -0.146. The van der Waals surface area contributed by atoms with Crippen molar-refractivity contribution in [1.82, 2.24) is 0 Å². The van der Waals surface area contributed by atoms with Crippen LogP contribution in [0.5, 0.6) is 0 Å². The number of carbonyl (C=O) groups is 3. The molecule has 2 aliphatic carbocycles. The summed E-state index contributed by atoms with van der Waals surface area (Å²) in [4.78, 5) is 36.7. The lowest BCUT2D eigenvalue weighted by atomic mass is 9.82. The number of hydrogen-bond acceptors (Lipinski definition) is 4. The second-order valence-corrected chi connectivity index (χ2v) is 7.40. The Kier molecular flexibility index (Phi) is 3.75. The summed E-state index contributed by atoms with van der Waals surface area (Å²) in [5.74, 6) is -3.34. The fourth-order valence-electron chi connectivity index (χ4n) is 3.72. The molecule has 2 bridgehead atoms. The number of anilines is 1. The molecule has 6 nitrogen and oxygen atoms in total. The van der Waals surface area contributed by atoms with Gasteiger partial charge in [0.2, 0.25) is 5.91 Å². The second kappa shape index (κ2) is 5.49. The number of allylic oxidation sites excluding steroid dienone is 2. The maximum Gasteiger partial charge on any atom is 0.307 e. The average Bonchev–Trinajstić information content (AvgIpc) is 3.12. The van der Waals surface area contributed by atoms with Crippen LogP contribution < -0.4 is 11.1 Å². The highest BCUT2D eigenvalue weighted by atomic mass is 32.1. The first-order chi connectivity index (χ1) is 10.8. The van der Waals surface area contributed by atoms with Gasteiger partial charge in [-0.2, -0.15) is 0 Å². The van der Waals surface area contributed by atoms with Crippen LogP contribution in [0.15, 0.2) is 12.2 Å². The standard InChI is InChI=1S/C16H18N2O4S/c1-6-7(2)23-15(10(6)13(17)19)18-14(20)11-8-3-4-9(5-8)12(11)16(21)22/h3-4,8-9,11-12H,5H2,1-2H3,(H2,17,19)(H,18,20)(H,21,22)/t8-,9-,11+,12+/m0/s1. The number of rotatable bonds is 4. The van der Waals surface area contributed by atoms with E-state index in [9.17, 15) is 19.5 Å². The van der Waals surface area contributed by atoms with Gasteiger partial charge in [-0.1, -0.05) is 12.2 Å². The highest BCUT2D eigenvalue weighted by molar-refractivity contribution is 7.16. The molecule has 7 heteroatoms. The van der Waals surface area contributed by atoms with Crippen LogP contribution in [0, 0.1) is 37.5 Å². The Morgan fingerprint density at radius 2 is 1.83 bits per heavy atom. The van der Waals surface area contributed by atoms with E-state index in [1.54, 1.807) is 6.92 Å². The van der Waals surface area contributed by atoms with Crippen LogP contribution in [0.4, 0.5) is 5.00 Å². The minimum Gasteiger partial charge on any atom is -0.481 e. The summed E-state index contributed by atoms with van der Waals surface area (Å²) in [5.41, 5.74) is 6.47. The van der Waals surface area contributed by atoms with Crippen molar-refractivity contribution in [1.29, 1.82) is 0 Å². The Hall–Kier alpha value is -2.15. The van der Waals surface area contributed by atoms with Gasteiger partial charge in [-0.3, -0.25) is 14.4 Å². The summed E-state index contributed by atoms with van der Waals surface area (Å²) in [6.45, 7) is 3.63. The zero-order chi connectivity index (χ0) is 16.9. The number of aryl methyl sites for hydroxylation is 1. The smallest absolute Gasteiger partial charge is 0.307 e. The molecule has 0 unspecified atom stereocenters. The Balaban J connectivity index is 1.88. The highest BCUT2D eigenvalue weighted by Gasteiger charge is 2.51. The number of nitrogens with two attached hydrogens (primary N) is 1. The first-order valence-corrected chi connectivity index (χ1v) is 8.24. The van der Waals surface area contributed by atoms with Gasteiger partial charge >= 0.3 is 5.97 Å². The number of nitrogens with one attached hydrogen (secondary N) is 1. The van der Waals surface area contributed by atoms with E-state index in [1.165, 1.54) is 11.3 Å². The molecule has 0 aromatic carbocycles. The van der Waals surface area contributed by atoms with Crippen LogP contribution >= 0.6 is 11.3 Å². The minimum atomic E-state index is -0.948. The largest absolute Gasteiger partial charge is 0.481 e. The van der Waals surface area contributed by atoms with Crippen molar-refractivity contribution in [2.75, 3.05) is 5.32 Å². The molecule has 0 saturated heterocycles.